The zero-order valence-electron chi connectivity index (χ0n) is 12.9. The van der Waals surface area contributed by atoms with Crippen molar-refractivity contribution in [3.05, 3.63) is 51.4 Å². The van der Waals surface area contributed by atoms with E-state index in [1.807, 2.05) is 0 Å². The van der Waals surface area contributed by atoms with Crippen molar-refractivity contribution in [3.8, 4) is 0 Å². The largest absolute Gasteiger partial charge is 0.478 e. The highest BCUT2D eigenvalue weighted by Crippen LogP contribution is 2.29. The fourth-order valence-electron chi connectivity index (χ4n) is 2.14. The number of aromatic carboxylic acids is 1. The molecule has 6 nitrogen and oxygen atoms in total. The van der Waals surface area contributed by atoms with Gasteiger partial charge in [-0.05, 0) is 38.1 Å². The van der Waals surface area contributed by atoms with Gasteiger partial charge >= 0.3 is 11.9 Å². The molecular formula is C16H15Cl2NO5. The molecule has 0 aliphatic heterocycles. The summed E-state index contributed by atoms with van der Waals surface area (Å²) in [5.41, 5.74) is 0.446. The summed E-state index contributed by atoms with van der Waals surface area (Å²) in [5.74, 6) is -1.44. The van der Waals surface area contributed by atoms with Gasteiger partial charge in [0.2, 0.25) is 0 Å². The highest BCUT2D eigenvalue weighted by Gasteiger charge is 2.28. The van der Waals surface area contributed by atoms with Gasteiger partial charge in [-0.3, -0.25) is 0 Å². The average Bonchev–Trinajstić information content (AvgIpc) is 2.86. The molecule has 0 bridgehead atoms. The lowest BCUT2D eigenvalue weighted by Crippen LogP contribution is -2.23. The number of carboxylic acid groups (broad SMARTS) is 1. The van der Waals surface area contributed by atoms with Gasteiger partial charge in [0.15, 0.2) is 6.04 Å². The fourth-order valence-corrected chi connectivity index (χ4v) is 2.66. The van der Waals surface area contributed by atoms with E-state index < -0.39 is 18.0 Å². The molecule has 2 N–H and O–H groups in total. The molecule has 0 spiro atoms. The normalized spacial score (nSPS) is 11.8. The van der Waals surface area contributed by atoms with Gasteiger partial charge in [-0.2, -0.15) is 0 Å². The lowest BCUT2D eigenvalue weighted by molar-refractivity contribution is -0.144. The van der Waals surface area contributed by atoms with Gasteiger partial charge in [-0.15, -0.1) is 0 Å². The second-order valence-electron chi connectivity index (χ2n) is 4.91. The van der Waals surface area contributed by atoms with Crippen molar-refractivity contribution >= 4 is 40.8 Å². The van der Waals surface area contributed by atoms with Gasteiger partial charge in [0.05, 0.1) is 6.61 Å². The highest BCUT2D eigenvalue weighted by atomic mass is 35.5. The number of carboxylic acids is 1. The van der Waals surface area contributed by atoms with Crippen molar-refractivity contribution in [2.24, 2.45) is 0 Å². The first kappa shape index (κ1) is 18.2. The molecule has 1 heterocycles. The van der Waals surface area contributed by atoms with Gasteiger partial charge < -0.3 is 19.6 Å². The molecule has 2 rings (SSSR count). The minimum Gasteiger partial charge on any atom is -0.478 e. The van der Waals surface area contributed by atoms with E-state index in [1.54, 1.807) is 25.1 Å². The Balaban J connectivity index is 2.39. The number of rotatable bonds is 6. The number of hydrogen-bond acceptors (Lipinski definition) is 5. The Labute approximate surface area is 148 Å². The molecule has 0 radical (unpaired) electrons. The second-order valence-corrected chi connectivity index (χ2v) is 5.78. The molecule has 0 amide bonds. The molecule has 0 saturated heterocycles. The van der Waals surface area contributed by atoms with E-state index in [1.165, 1.54) is 13.0 Å². The van der Waals surface area contributed by atoms with Gasteiger partial charge in [0.25, 0.3) is 0 Å². The summed E-state index contributed by atoms with van der Waals surface area (Å²) in [6.07, 6.45) is 0. The minimum atomic E-state index is -1.14. The first-order chi connectivity index (χ1) is 11.3. The maximum absolute atomic E-state index is 12.3. The molecule has 8 heteroatoms. The van der Waals surface area contributed by atoms with Gasteiger partial charge in [0, 0.05) is 15.7 Å². The number of nitrogens with one attached hydrogen (secondary N) is 1. The maximum atomic E-state index is 12.3. The van der Waals surface area contributed by atoms with Crippen LogP contribution in [0.3, 0.4) is 0 Å². The zero-order valence-corrected chi connectivity index (χ0v) is 14.4. The lowest BCUT2D eigenvalue weighted by atomic mass is 10.1. The number of esters is 1. The predicted octanol–water partition coefficient (Wildman–Crippen LogP) is 4.31. The zero-order chi connectivity index (χ0) is 17.9. The number of anilines is 1. The van der Waals surface area contributed by atoms with Gasteiger partial charge in [-0.1, -0.05) is 23.2 Å². The topological polar surface area (TPSA) is 88.8 Å². The fraction of sp³-hybridized carbons (Fsp3) is 0.250. The Hall–Kier alpha value is -2.18. The van der Waals surface area contributed by atoms with Crippen molar-refractivity contribution in [3.63, 3.8) is 0 Å². The standard InChI is InChI=1S/C16H15Cl2NO5/c1-3-23-16(22)14(13-7-12(15(20)21)8(2)24-13)19-11-5-9(17)4-10(18)6-11/h4-7,14,19H,3H2,1-2H3,(H,20,21). The summed E-state index contributed by atoms with van der Waals surface area (Å²) in [6, 6.07) is 4.96. The van der Waals surface area contributed by atoms with Crippen LogP contribution in [0, 0.1) is 6.92 Å². The summed E-state index contributed by atoms with van der Waals surface area (Å²) in [5, 5.41) is 12.8. The number of benzene rings is 1. The third-order valence-electron chi connectivity index (χ3n) is 3.15. The Bertz CT molecular complexity index is 752. The van der Waals surface area contributed by atoms with E-state index in [-0.39, 0.29) is 23.7 Å². The minimum absolute atomic E-state index is 0.0229. The van der Waals surface area contributed by atoms with Crippen LogP contribution in [0.5, 0.6) is 0 Å². The van der Waals surface area contributed by atoms with Crippen molar-refractivity contribution < 1.29 is 23.8 Å². The first-order valence-electron chi connectivity index (χ1n) is 7.04. The Morgan fingerprint density at radius 2 is 1.88 bits per heavy atom. The number of carbonyl (C=O) groups excluding carboxylic acids is 1. The van der Waals surface area contributed by atoms with E-state index in [9.17, 15) is 9.59 Å². The van der Waals surface area contributed by atoms with Crippen LogP contribution in [0.15, 0.2) is 28.7 Å². The molecule has 128 valence electrons. The molecule has 1 aromatic carbocycles. The van der Waals surface area contributed by atoms with Crippen LogP contribution in [0.25, 0.3) is 0 Å². The Morgan fingerprint density at radius 3 is 2.38 bits per heavy atom. The number of carbonyl (C=O) groups is 2. The van der Waals surface area contributed by atoms with E-state index in [0.717, 1.165) is 0 Å². The number of hydrogen-bond donors (Lipinski definition) is 2. The molecule has 0 aliphatic rings. The van der Waals surface area contributed by atoms with Crippen LogP contribution in [0.4, 0.5) is 5.69 Å². The Kier molecular flexibility index (Phi) is 5.75. The molecule has 1 aromatic heterocycles. The van der Waals surface area contributed by atoms with E-state index in [0.29, 0.717) is 15.7 Å². The molecule has 24 heavy (non-hydrogen) atoms. The molecule has 1 unspecified atom stereocenters. The second kappa shape index (κ2) is 7.59. The summed E-state index contributed by atoms with van der Waals surface area (Å²) in [7, 11) is 0. The molecular weight excluding hydrogens is 357 g/mol. The number of aryl methyl sites for hydroxylation is 1. The molecule has 2 aromatic rings. The van der Waals surface area contributed by atoms with E-state index >= 15 is 0 Å². The van der Waals surface area contributed by atoms with Gasteiger partial charge in [0.1, 0.15) is 17.1 Å². The number of ether oxygens (including phenoxy) is 1. The monoisotopic (exact) mass is 371 g/mol. The number of furan rings is 1. The van der Waals surface area contributed by atoms with Gasteiger partial charge in [-0.25, -0.2) is 9.59 Å². The lowest BCUT2D eigenvalue weighted by Gasteiger charge is -2.17. The third kappa shape index (κ3) is 4.21. The van der Waals surface area contributed by atoms with Crippen LogP contribution in [-0.4, -0.2) is 23.7 Å². The van der Waals surface area contributed by atoms with Crippen molar-refractivity contribution in [1.82, 2.24) is 0 Å². The average molecular weight is 372 g/mol. The summed E-state index contributed by atoms with van der Waals surface area (Å²) in [4.78, 5) is 23.4. The number of halogens is 2. The third-order valence-corrected chi connectivity index (χ3v) is 3.58. The van der Waals surface area contributed by atoms with Crippen molar-refractivity contribution in [2.75, 3.05) is 11.9 Å². The maximum Gasteiger partial charge on any atom is 0.339 e. The predicted molar refractivity (Wildman–Crippen MR) is 89.9 cm³/mol. The van der Waals surface area contributed by atoms with Crippen molar-refractivity contribution in [2.45, 2.75) is 19.9 Å². The molecule has 0 saturated carbocycles. The van der Waals surface area contributed by atoms with E-state index in [2.05, 4.69) is 5.32 Å². The van der Waals surface area contributed by atoms with Crippen LogP contribution < -0.4 is 5.32 Å². The quantitative estimate of drug-likeness (QED) is 0.735. The van der Waals surface area contributed by atoms with Crippen LogP contribution in [-0.2, 0) is 9.53 Å². The van der Waals surface area contributed by atoms with Crippen LogP contribution >= 0.6 is 23.2 Å². The summed E-state index contributed by atoms with van der Waals surface area (Å²) >= 11 is 11.9. The molecule has 1 atom stereocenters. The Morgan fingerprint density at radius 1 is 1.25 bits per heavy atom. The summed E-state index contributed by atoms with van der Waals surface area (Å²) in [6.45, 7) is 3.34. The van der Waals surface area contributed by atoms with Crippen LogP contribution in [0.1, 0.15) is 34.8 Å². The SMILES string of the molecule is CCOC(=O)C(Nc1cc(Cl)cc(Cl)c1)c1cc(C(=O)O)c(C)o1. The van der Waals surface area contributed by atoms with E-state index in [4.69, 9.17) is 37.5 Å². The summed E-state index contributed by atoms with van der Waals surface area (Å²) < 4.78 is 10.5. The smallest absolute Gasteiger partial charge is 0.339 e. The molecule has 0 aliphatic carbocycles. The van der Waals surface area contributed by atoms with Crippen LogP contribution in [0.2, 0.25) is 10.0 Å². The highest BCUT2D eigenvalue weighted by molar-refractivity contribution is 6.35. The molecule has 0 fully saturated rings. The first-order valence-corrected chi connectivity index (χ1v) is 7.80. The van der Waals surface area contributed by atoms with Crippen molar-refractivity contribution in [1.29, 1.82) is 0 Å².